The smallest absolute Gasteiger partial charge is 0.160 e. The van der Waals surface area contributed by atoms with Gasteiger partial charge in [0.1, 0.15) is 0 Å². The third kappa shape index (κ3) is 1.33. The van der Waals surface area contributed by atoms with Crippen molar-refractivity contribution < 1.29 is 8.78 Å². The van der Waals surface area contributed by atoms with Crippen LogP contribution in [0.1, 0.15) is 18.4 Å². The maximum absolute atomic E-state index is 13.3. The molecule has 2 aliphatic rings. The number of fused-ring (bicyclic) bond motifs is 2. The summed E-state index contributed by atoms with van der Waals surface area (Å²) in [7, 11) is 0. The van der Waals surface area contributed by atoms with Crippen LogP contribution in [0.4, 0.5) is 14.5 Å². The highest BCUT2D eigenvalue weighted by Crippen LogP contribution is 2.43. The Hall–Kier alpha value is -1.16. The molecule has 86 valence electrons. The minimum absolute atomic E-state index is 0.00905. The maximum Gasteiger partial charge on any atom is 0.160 e. The Labute approximate surface area is 93.0 Å². The van der Waals surface area contributed by atoms with Gasteiger partial charge in [0.2, 0.25) is 0 Å². The van der Waals surface area contributed by atoms with E-state index in [4.69, 9.17) is 0 Å². The Morgan fingerprint density at radius 1 is 1.06 bits per heavy atom. The van der Waals surface area contributed by atoms with Crippen LogP contribution in [0.3, 0.4) is 0 Å². The summed E-state index contributed by atoms with van der Waals surface area (Å²) in [4.78, 5) is 0. The van der Waals surface area contributed by atoms with E-state index in [1.165, 1.54) is 12.1 Å². The summed E-state index contributed by atoms with van der Waals surface area (Å²) in [6, 6.07) is 2.65. The van der Waals surface area contributed by atoms with Crippen molar-refractivity contribution in [1.29, 1.82) is 0 Å². The summed E-state index contributed by atoms with van der Waals surface area (Å²) in [6.07, 6.45) is 1.97. The molecule has 4 heteroatoms. The average molecular weight is 224 g/mol. The standard InChI is InChI=1S/C12H14F2N2/c13-9-5-8-11(6-10(9)14)16-7-12(8)1-3-15-4-2-12/h5-6,15-16H,1-4,7H2. The number of piperidine rings is 1. The van der Waals surface area contributed by atoms with E-state index in [1.807, 2.05) is 0 Å². The maximum atomic E-state index is 13.3. The zero-order chi connectivity index (χ0) is 11.2. The van der Waals surface area contributed by atoms with E-state index in [0.29, 0.717) is 0 Å². The highest BCUT2D eigenvalue weighted by molar-refractivity contribution is 5.61. The third-order valence-corrected chi connectivity index (χ3v) is 3.81. The summed E-state index contributed by atoms with van der Waals surface area (Å²) in [5.74, 6) is -1.50. The van der Waals surface area contributed by atoms with Gasteiger partial charge in [0.05, 0.1) is 0 Å². The largest absolute Gasteiger partial charge is 0.384 e. The van der Waals surface area contributed by atoms with Gasteiger partial charge in [-0.1, -0.05) is 0 Å². The molecule has 2 nitrogen and oxygen atoms in total. The zero-order valence-corrected chi connectivity index (χ0v) is 8.95. The average Bonchev–Trinajstić information content (AvgIpc) is 2.60. The first-order valence-electron chi connectivity index (χ1n) is 5.65. The van der Waals surface area contributed by atoms with Crippen molar-refractivity contribution in [3.05, 3.63) is 29.3 Å². The first-order chi connectivity index (χ1) is 7.71. The molecule has 2 aliphatic heterocycles. The lowest BCUT2D eigenvalue weighted by Crippen LogP contribution is -2.41. The van der Waals surface area contributed by atoms with E-state index in [2.05, 4.69) is 10.6 Å². The lowest BCUT2D eigenvalue weighted by molar-refractivity contribution is 0.333. The van der Waals surface area contributed by atoms with Crippen LogP contribution in [0.15, 0.2) is 12.1 Å². The lowest BCUT2D eigenvalue weighted by atomic mass is 9.75. The van der Waals surface area contributed by atoms with Gasteiger partial charge in [0.25, 0.3) is 0 Å². The van der Waals surface area contributed by atoms with Gasteiger partial charge in [0.15, 0.2) is 11.6 Å². The molecule has 0 radical (unpaired) electrons. The van der Waals surface area contributed by atoms with E-state index < -0.39 is 11.6 Å². The molecule has 0 aliphatic carbocycles. The number of halogens is 2. The summed E-state index contributed by atoms with van der Waals surface area (Å²) >= 11 is 0. The van der Waals surface area contributed by atoms with Crippen molar-refractivity contribution in [3.63, 3.8) is 0 Å². The first kappa shape index (κ1) is 10.0. The molecule has 1 saturated heterocycles. The first-order valence-corrected chi connectivity index (χ1v) is 5.65. The monoisotopic (exact) mass is 224 g/mol. The van der Waals surface area contributed by atoms with Crippen molar-refractivity contribution in [2.75, 3.05) is 25.0 Å². The SMILES string of the molecule is Fc1cc2c(cc1F)C1(CCNCC1)CN2. The number of anilines is 1. The Bertz CT molecular complexity index is 425. The Balaban J connectivity index is 2.07. The van der Waals surface area contributed by atoms with Gasteiger partial charge in [0, 0.05) is 23.7 Å². The molecule has 2 N–H and O–H groups in total. The molecule has 3 rings (SSSR count). The highest BCUT2D eigenvalue weighted by Gasteiger charge is 2.40. The minimum Gasteiger partial charge on any atom is -0.384 e. The molecular formula is C12H14F2N2. The van der Waals surface area contributed by atoms with Gasteiger partial charge in [-0.25, -0.2) is 8.78 Å². The second kappa shape index (κ2) is 3.42. The van der Waals surface area contributed by atoms with Gasteiger partial charge in [-0.2, -0.15) is 0 Å². The highest BCUT2D eigenvalue weighted by atomic mass is 19.2. The predicted molar refractivity (Wildman–Crippen MR) is 58.6 cm³/mol. The van der Waals surface area contributed by atoms with E-state index in [1.54, 1.807) is 0 Å². The van der Waals surface area contributed by atoms with Crippen LogP contribution >= 0.6 is 0 Å². The molecule has 1 fully saturated rings. The fraction of sp³-hybridized carbons (Fsp3) is 0.500. The number of hydrogen-bond donors (Lipinski definition) is 2. The van der Waals surface area contributed by atoms with E-state index in [-0.39, 0.29) is 5.41 Å². The van der Waals surface area contributed by atoms with Crippen molar-refractivity contribution in [2.24, 2.45) is 0 Å². The van der Waals surface area contributed by atoms with Crippen LogP contribution in [0.25, 0.3) is 0 Å². The number of nitrogens with one attached hydrogen (secondary N) is 2. The molecule has 0 saturated carbocycles. The van der Waals surface area contributed by atoms with Crippen LogP contribution in [-0.4, -0.2) is 19.6 Å². The Morgan fingerprint density at radius 2 is 1.75 bits per heavy atom. The van der Waals surface area contributed by atoms with Crippen molar-refractivity contribution >= 4 is 5.69 Å². The second-order valence-corrected chi connectivity index (χ2v) is 4.70. The molecule has 16 heavy (non-hydrogen) atoms. The molecule has 2 heterocycles. The molecule has 0 amide bonds. The number of benzene rings is 1. The molecule has 0 atom stereocenters. The number of rotatable bonds is 0. The molecular weight excluding hydrogens is 210 g/mol. The Morgan fingerprint density at radius 3 is 2.50 bits per heavy atom. The van der Waals surface area contributed by atoms with Crippen molar-refractivity contribution in [2.45, 2.75) is 18.3 Å². The zero-order valence-electron chi connectivity index (χ0n) is 8.95. The molecule has 1 spiro atoms. The molecule has 1 aromatic carbocycles. The second-order valence-electron chi connectivity index (χ2n) is 4.70. The number of hydrogen-bond acceptors (Lipinski definition) is 2. The van der Waals surface area contributed by atoms with Crippen molar-refractivity contribution in [1.82, 2.24) is 5.32 Å². The van der Waals surface area contributed by atoms with Gasteiger partial charge in [-0.3, -0.25) is 0 Å². The molecule has 1 aromatic rings. The third-order valence-electron chi connectivity index (χ3n) is 3.81. The molecule has 0 aromatic heterocycles. The summed E-state index contributed by atoms with van der Waals surface area (Å²) in [6.45, 7) is 2.69. The minimum atomic E-state index is -0.766. The van der Waals surface area contributed by atoms with Gasteiger partial charge < -0.3 is 10.6 Å². The normalized spacial score (nSPS) is 21.9. The molecule has 0 bridgehead atoms. The summed E-state index contributed by atoms with van der Waals surface area (Å²) < 4.78 is 26.4. The van der Waals surface area contributed by atoms with Gasteiger partial charge >= 0.3 is 0 Å². The quantitative estimate of drug-likeness (QED) is 0.704. The van der Waals surface area contributed by atoms with Gasteiger partial charge in [-0.05, 0) is 37.6 Å². The fourth-order valence-electron chi connectivity index (χ4n) is 2.84. The summed E-state index contributed by atoms with van der Waals surface area (Å²) in [5, 5.41) is 6.49. The topological polar surface area (TPSA) is 24.1 Å². The summed E-state index contributed by atoms with van der Waals surface area (Å²) in [5.41, 5.74) is 1.73. The fourth-order valence-corrected chi connectivity index (χ4v) is 2.84. The van der Waals surface area contributed by atoms with Crippen LogP contribution < -0.4 is 10.6 Å². The predicted octanol–water partition coefficient (Wildman–Crippen LogP) is 2.01. The Kier molecular flexibility index (Phi) is 2.14. The lowest BCUT2D eigenvalue weighted by Gasteiger charge is -2.33. The van der Waals surface area contributed by atoms with Crippen LogP contribution in [0.5, 0.6) is 0 Å². The van der Waals surface area contributed by atoms with Crippen molar-refractivity contribution in [3.8, 4) is 0 Å². The van der Waals surface area contributed by atoms with Gasteiger partial charge in [-0.15, -0.1) is 0 Å². The van der Waals surface area contributed by atoms with Crippen LogP contribution in [0.2, 0.25) is 0 Å². The van der Waals surface area contributed by atoms with Crippen LogP contribution in [0, 0.1) is 11.6 Å². The van der Waals surface area contributed by atoms with E-state index in [0.717, 1.165) is 43.7 Å². The van der Waals surface area contributed by atoms with Crippen LogP contribution in [-0.2, 0) is 5.41 Å². The van der Waals surface area contributed by atoms with E-state index in [9.17, 15) is 8.78 Å². The molecule has 0 unspecified atom stereocenters. The van der Waals surface area contributed by atoms with E-state index >= 15 is 0 Å².